The van der Waals surface area contributed by atoms with Crippen molar-refractivity contribution in [3.05, 3.63) is 114 Å². The van der Waals surface area contributed by atoms with Crippen molar-refractivity contribution in [2.75, 3.05) is 33.8 Å². The summed E-state index contributed by atoms with van der Waals surface area (Å²) >= 11 is 0. The van der Waals surface area contributed by atoms with Crippen molar-refractivity contribution >= 4 is 17.1 Å². The molecule has 35 heavy (non-hydrogen) atoms. The van der Waals surface area contributed by atoms with Crippen molar-refractivity contribution in [1.82, 2.24) is 10.2 Å². The molecular formula is C30H33FN2O2. The lowest BCUT2D eigenvalue weighted by Crippen LogP contribution is -2.22. The van der Waals surface area contributed by atoms with Gasteiger partial charge in [0.05, 0.1) is 0 Å². The summed E-state index contributed by atoms with van der Waals surface area (Å²) in [5.41, 5.74) is 4.60. The number of amides is 1. The molecule has 0 atom stereocenters. The fraction of sp³-hybridized carbons (Fsp3) is 0.233. The Kier molecular flexibility index (Phi) is 9.81. The Bertz CT molecular complexity index is 1150. The van der Waals surface area contributed by atoms with Gasteiger partial charge in [0.25, 0.3) is 0 Å². The van der Waals surface area contributed by atoms with Gasteiger partial charge in [0, 0.05) is 38.8 Å². The van der Waals surface area contributed by atoms with E-state index in [1.807, 2.05) is 54.6 Å². The van der Waals surface area contributed by atoms with E-state index in [2.05, 4.69) is 24.4 Å². The topological polar surface area (TPSA) is 41.6 Å². The number of nitrogens with zero attached hydrogens (tertiary/aromatic N) is 1. The van der Waals surface area contributed by atoms with Crippen LogP contribution in [0.3, 0.4) is 0 Å². The van der Waals surface area contributed by atoms with E-state index >= 15 is 0 Å². The zero-order chi connectivity index (χ0) is 25.0. The molecule has 0 heterocycles. The van der Waals surface area contributed by atoms with E-state index in [1.54, 1.807) is 32.3 Å². The second-order valence-corrected chi connectivity index (χ2v) is 8.26. The van der Waals surface area contributed by atoms with Crippen LogP contribution in [0.4, 0.5) is 4.39 Å². The predicted octanol–water partition coefficient (Wildman–Crippen LogP) is 5.81. The van der Waals surface area contributed by atoms with E-state index < -0.39 is 0 Å². The van der Waals surface area contributed by atoms with E-state index in [1.165, 1.54) is 11.0 Å². The highest BCUT2D eigenvalue weighted by molar-refractivity contribution is 5.98. The van der Waals surface area contributed by atoms with Crippen LogP contribution in [0.1, 0.15) is 30.0 Å². The van der Waals surface area contributed by atoms with E-state index in [0.29, 0.717) is 25.3 Å². The van der Waals surface area contributed by atoms with Gasteiger partial charge in [0.2, 0.25) is 5.91 Å². The van der Waals surface area contributed by atoms with Crippen molar-refractivity contribution in [1.29, 1.82) is 0 Å². The summed E-state index contributed by atoms with van der Waals surface area (Å²) in [7, 11) is 3.44. The fourth-order valence-corrected chi connectivity index (χ4v) is 3.77. The number of allylic oxidation sites excluding steroid dienone is 1. The van der Waals surface area contributed by atoms with Gasteiger partial charge in [-0.25, -0.2) is 4.39 Å². The number of halogens is 1. The minimum absolute atomic E-state index is 0.0366. The number of hydrogen-bond acceptors (Lipinski definition) is 3. The number of ether oxygens (including phenoxy) is 1. The molecule has 0 aliphatic rings. The number of benzene rings is 3. The minimum atomic E-state index is -0.239. The third-order valence-corrected chi connectivity index (χ3v) is 5.57. The van der Waals surface area contributed by atoms with Crippen molar-refractivity contribution in [2.24, 2.45) is 0 Å². The Hall–Kier alpha value is -3.70. The van der Waals surface area contributed by atoms with Crippen LogP contribution >= 0.6 is 0 Å². The van der Waals surface area contributed by atoms with Crippen molar-refractivity contribution in [3.8, 4) is 5.75 Å². The largest absolute Gasteiger partial charge is 0.492 e. The molecule has 0 saturated carbocycles. The molecule has 0 radical (unpaired) electrons. The maximum absolute atomic E-state index is 14.9. The van der Waals surface area contributed by atoms with Crippen LogP contribution in [0.25, 0.3) is 11.1 Å². The molecule has 0 aromatic heterocycles. The Morgan fingerprint density at radius 3 is 2.29 bits per heavy atom. The van der Waals surface area contributed by atoms with Gasteiger partial charge in [-0.3, -0.25) is 4.79 Å². The molecule has 1 N–H and O–H groups in total. The predicted molar refractivity (Wildman–Crippen MR) is 142 cm³/mol. The van der Waals surface area contributed by atoms with Gasteiger partial charge in [0.15, 0.2) is 0 Å². The molecule has 4 nitrogen and oxygen atoms in total. The molecule has 3 aromatic rings. The summed E-state index contributed by atoms with van der Waals surface area (Å²) in [6.07, 6.45) is 4.12. The molecule has 3 aromatic carbocycles. The highest BCUT2D eigenvalue weighted by Crippen LogP contribution is 2.36. The van der Waals surface area contributed by atoms with Crippen molar-refractivity contribution in [2.45, 2.75) is 13.3 Å². The molecule has 0 bridgehead atoms. The lowest BCUT2D eigenvalue weighted by atomic mass is 9.88. The zero-order valence-corrected chi connectivity index (χ0v) is 20.6. The number of carbonyl (C=O) groups is 1. The molecule has 0 aliphatic carbocycles. The average Bonchev–Trinajstić information content (AvgIpc) is 2.88. The van der Waals surface area contributed by atoms with Gasteiger partial charge in [-0.1, -0.05) is 73.7 Å². The summed E-state index contributed by atoms with van der Waals surface area (Å²) in [6.45, 7) is 3.84. The van der Waals surface area contributed by atoms with Gasteiger partial charge in [0.1, 0.15) is 18.2 Å². The lowest BCUT2D eigenvalue weighted by molar-refractivity contribution is -0.123. The molecule has 182 valence electrons. The maximum atomic E-state index is 14.9. The third-order valence-electron chi connectivity index (χ3n) is 5.57. The molecule has 0 fully saturated rings. The zero-order valence-electron chi connectivity index (χ0n) is 20.6. The number of carbonyl (C=O) groups excluding carboxylic acids is 1. The summed E-state index contributed by atoms with van der Waals surface area (Å²) in [6, 6.07) is 24.9. The van der Waals surface area contributed by atoms with Crippen LogP contribution in [0.2, 0.25) is 0 Å². The smallest absolute Gasteiger partial charge is 0.245 e. The van der Waals surface area contributed by atoms with E-state index in [9.17, 15) is 9.18 Å². The van der Waals surface area contributed by atoms with Gasteiger partial charge in [-0.15, -0.1) is 0 Å². The van der Waals surface area contributed by atoms with Crippen molar-refractivity contribution < 1.29 is 13.9 Å². The molecule has 3 rings (SSSR count). The second-order valence-electron chi connectivity index (χ2n) is 8.26. The molecule has 1 amide bonds. The van der Waals surface area contributed by atoms with E-state index in [4.69, 9.17) is 4.74 Å². The Balaban J connectivity index is 1.73. The first kappa shape index (κ1) is 25.9. The van der Waals surface area contributed by atoms with Gasteiger partial charge in [-0.2, -0.15) is 0 Å². The highest BCUT2D eigenvalue weighted by atomic mass is 19.1. The molecule has 0 saturated heterocycles. The average molecular weight is 473 g/mol. The van der Waals surface area contributed by atoms with Crippen LogP contribution < -0.4 is 10.1 Å². The number of likely N-dealkylation sites (N-methyl/N-ethyl adjacent to an activating group) is 1. The van der Waals surface area contributed by atoms with Crippen molar-refractivity contribution in [3.63, 3.8) is 0 Å². The van der Waals surface area contributed by atoms with Crippen LogP contribution in [0.15, 0.2) is 91.0 Å². The molecule has 0 spiro atoms. The SMILES string of the molecule is CC/C(=C(/c1ccc(OCCNC/C=C/C(=O)N(C)C)cc1)c1ccccc1F)c1ccccc1. The third kappa shape index (κ3) is 7.39. The number of hydrogen-bond donors (Lipinski definition) is 1. The first-order valence-electron chi connectivity index (χ1n) is 11.9. The fourth-order valence-electron chi connectivity index (χ4n) is 3.77. The van der Waals surface area contributed by atoms with Crippen LogP contribution in [-0.2, 0) is 4.79 Å². The Labute approximate surface area is 207 Å². The van der Waals surface area contributed by atoms with Gasteiger partial charge < -0.3 is 15.0 Å². The molecule has 0 aliphatic heterocycles. The van der Waals surface area contributed by atoms with E-state index in [-0.39, 0.29) is 11.7 Å². The minimum Gasteiger partial charge on any atom is -0.492 e. The van der Waals surface area contributed by atoms with Crippen LogP contribution in [0.5, 0.6) is 5.75 Å². The standard InChI is InChI=1S/C30H33FN2O2/c1-4-26(23-11-6-5-7-12-23)30(27-13-8-9-14-28(27)31)24-16-18-25(19-17-24)35-22-21-32-20-10-15-29(34)33(2)3/h5-19,32H,4,20-22H2,1-3H3/b15-10+,30-26+. The maximum Gasteiger partial charge on any atom is 0.245 e. The second kappa shape index (κ2) is 13.3. The Morgan fingerprint density at radius 1 is 0.943 bits per heavy atom. The van der Waals surface area contributed by atoms with Crippen LogP contribution in [0, 0.1) is 5.82 Å². The van der Waals surface area contributed by atoms with Gasteiger partial charge >= 0.3 is 0 Å². The summed E-state index contributed by atoms with van der Waals surface area (Å²) in [4.78, 5) is 13.0. The summed E-state index contributed by atoms with van der Waals surface area (Å²) < 4.78 is 20.8. The van der Waals surface area contributed by atoms with Crippen LogP contribution in [-0.4, -0.2) is 44.6 Å². The summed E-state index contributed by atoms with van der Waals surface area (Å²) in [5, 5.41) is 3.22. The van der Waals surface area contributed by atoms with E-state index in [0.717, 1.165) is 34.4 Å². The number of rotatable bonds is 11. The van der Waals surface area contributed by atoms with Gasteiger partial charge in [-0.05, 0) is 46.9 Å². The first-order valence-corrected chi connectivity index (χ1v) is 11.9. The normalized spacial score (nSPS) is 11.9. The summed E-state index contributed by atoms with van der Waals surface area (Å²) in [5.74, 6) is 0.474. The lowest BCUT2D eigenvalue weighted by Gasteiger charge is -2.17. The molecule has 0 unspecified atom stereocenters. The molecule has 5 heteroatoms. The monoisotopic (exact) mass is 472 g/mol. The number of nitrogens with one attached hydrogen (secondary N) is 1. The molecular weight excluding hydrogens is 439 g/mol. The highest BCUT2D eigenvalue weighted by Gasteiger charge is 2.16. The first-order chi connectivity index (χ1) is 17.0. The quantitative estimate of drug-likeness (QED) is 0.218. The Morgan fingerprint density at radius 2 is 1.63 bits per heavy atom.